The first-order valence-electron chi connectivity index (χ1n) is 20.9. The Hall–Kier alpha value is -2.84. The van der Waals surface area contributed by atoms with Crippen LogP contribution in [0.3, 0.4) is 0 Å². The van der Waals surface area contributed by atoms with Gasteiger partial charge in [-0.1, -0.05) is 153 Å². The molecule has 0 aliphatic carbocycles. The van der Waals surface area contributed by atoms with Crippen LogP contribution in [-0.2, 0) is 33.1 Å². The second-order valence-electron chi connectivity index (χ2n) is 14.8. The molecule has 0 fully saturated rings. The molecule has 13 heteroatoms. The van der Waals surface area contributed by atoms with Crippen LogP contribution in [0.5, 0.6) is 34.5 Å². The molecule has 4 rings (SSSR count). The van der Waals surface area contributed by atoms with E-state index in [9.17, 15) is 31.6 Å². The van der Waals surface area contributed by atoms with E-state index in [1.165, 1.54) is 109 Å². The van der Waals surface area contributed by atoms with Crippen LogP contribution in [0.4, 0.5) is 0 Å². The third-order valence-electron chi connectivity index (χ3n) is 9.82. The van der Waals surface area contributed by atoms with Crippen LogP contribution in [-0.4, -0.2) is 68.8 Å². The van der Waals surface area contributed by atoms with E-state index in [-0.39, 0.29) is 59.9 Å². The Kier molecular flexibility index (Phi) is 25.4. The molecule has 4 aromatic rings. The summed E-state index contributed by atoms with van der Waals surface area (Å²) < 4.78 is 76.4. The summed E-state index contributed by atoms with van der Waals surface area (Å²) in [4.78, 5) is -0.797. The van der Waals surface area contributed by atoms with Gasteiger partial charge in [0.1, 0.15) is 27.4 Å². The van der Waals surface area contributed by atoms with Crippen LogP contribution >= 0.6 is 0 Å². The fraction of sp³-hybridized carbons (Fsp3) is 0.478. The Bertz CT molecular complexity index is 1870. The van der Waals surface area contributed by atoms with Crippen LogP contribution in [0.1, 0.15) is 141 Å². The second-order valence-corrected chi connectivity index (χ2v) is 17.6. The predicted octanol–water partition coefficient (Wildman–Crippen LogP) is 11.7. The number of rotatable bonds is 26. The van der Waals surface area contributed by atoms with Gasteiger partial charge in [0.25, 0.3) is 10.1 Å². The predicted molar refractivity (Wildman–Crippen MR) is 232 cm³/mol. The van der Waals surface area contributed by atoms with Gasteiger partial charge in [0, 0.05) is 6.07 Å². The van der Waals surface area contributed by atoms with Crippen molar-refractivity contribution in [2.75, 3.05) is 0 Å². The molecule has 0 amide bonds. The molecule has 0 saturated heterocycles. The maximum absolute atomic E-state index is 11.9. The molecule has 0 bridgehead atoms. The quantitative estimate of drug-likeness (QED) is 0.0351. The minimum Gasteiger partial charge on any atom is -0.870 e. The van der Waals surface area contributed by atoms with Crippen molar-refractivity contribution in [1.82, 2.24) is 0 Å². The van der Waals surface area contributed by atoms with Gasteiger partial charge in [-0.15, -0.1) is 0 Å². The fourth-order valence-corrected chi connectivity index (χ4v) is 7.50. The average molecular weight is 879 g/mol. The summed E-state index contributed by atoms with van der Waals surface area (Å²) in [7, 11) is -9.00. The van der Waals surface area contributed by atoms with Gasteiger partial charge in [-0.25, -0.2) is 8.42 Å². The smallest absolute Gasteiger partial charge is 0.870 e. The first-order chi connectivity index (χ1) is 27.8. The molecule has 0 spiro atoms. The molecular weight excluding hydrogens is 817 g/mol. The molecule has 0 radical (unpaired) electrons. The number of aromatic hydroxyl groups is 1. The summed E-state index contributed by atoms with van der Waals surface area (Å²) in [5, 5.41) is 21.8. The molecule has 0 aromatic heterocycles. The molecule has 0 aliphatic rings. The van der Waals surface area contributed by atoms with Crippen molar-refractivity contribution in [3.8, 4) is 34.5 Å². The van der Waals surface area contributed by atoms with Crippen molar-refractivity contribution in [3.05, 3.63) is 96.1 Å². The molecule has 0 aliphatic heterocycles. The average Bonchev–Trinajstić information content (AvgIpc) is 3.18. The maximum Gasteiger partial charge on any atom is 2.00 e. The molecule has 0 heterocycles. The minimum absolute atomic E-state index is 0. The standard InChI is InChI=1S/2C23H32O5S.Ca/c2*1-2-3-4-5-6-7-8-9-10-12-19-13-11-14-20(17-19)28-23-18-21(29(25,26)27)15-16-22(23)24;/h2*11,13-18,24H,2-10,12H2,1H3,(H,25,26,27);/q;;+2/p-2. The zero-order valence-electron chi connectivity index (χ0n) is 34.9. The number of hydrogen-bond acceptors (Lipinski definition) is 9. The number of hydrogen-bond donors (Lipinski definition) is 2. The number of unbranched alkanes of at least 4 members (excludes halogenated alkanes) is 16. The van der Waals surface area contributed by atoms with Crippen molar-refractivity contribution in [1.29, 1.82) is 0 Å². The van der Waals surface area contributed by atoms with Crippen LogP contribution in [0.25, 0.3) is 0 Å². The van der Waals surface area contributed by atoms with Crippen LogP contribution in [0, 0.1) is 0 Å². The molecule has 0 unspecified atom stereocenters. The first kappa shape index (κ1) is 52.3. The third-order valence-corrected chi connectivity index (χ3v) is 11.5. The normalized spacial score (nSPS) is 11.3. The SMILES string of the molecule is CCCCCCCCCCCc1cccc(Oc2cc(S(=O)(=O)O)ccc2O)c1.CCCCCCCCCCCc1cccc(Oc2cc(S(=O)(=O)[O-])ccc2[O-])c1.[Ca+2]. The molecular formula is C46H62CaO10S2. The third kappa shape index (κ3) is 21.5. The van der Waals surface area contributed by atoms with Gasteiger partial charge in [-0.2, -0.15) is 8.42 Å². The number of phenols is 1. The van der Waals surface area contributed by atoms with E-state index < -0.39 is 30.9 Å². The summed E-state index contributed by atoms with van der Waals surface area (Å²) in [5.74, 6) is 0.128. The fourth-order valence-electron chi connectivity index (χ4n) is 6.52. The van der Waals surface area contributed by atoms with Crippen molar-refractivity contribution in [2.24, 2.45) is 0 Å². The summed E-state index contributed by atoms with van der Waals surface area (Å²) in [6, 6.07) is 21.4. The van der Waals surface area contributed by atoms with Crippen molar-refractivity contribution < 1.29 is 45.6 Å². The van der Waals surface area contributed by atoms with E-state index in [4.69, 9.17) is 14.0 Å². The van der Waals surface area contributed by atoms with Crippen molar-refractivity contribution in [2.45, 2.75) is 152 Å². The zero-order chi connectivity index (χ0) is 42.2. The summed E-state index contributed by atoms with van der Waals surface area (Å²) in [5.41, 5.74) is 2.24. The van der Waals surface area contributed by atoms with E-state index in [1.807, 2.05) is 36.4 Å². The topological polar surface area (TPSA) is 173 Å². The van der Waals surface area contributed by atoms with Crippen LogP contribution in [0.2, 0.25) is 0 Å². The molecule has 0 atom stereocenters. The summed E-state index contributed by atoms with van der Waals surface area (Å²) in [6.45, 7) is 4.47. The summed E-state index contributed by atoms with van der Waals surface area (Å²) in [6.07, 6.45) is 24.8. The van der Waals surface area contributed by atoms with Gasteiger partial charge >= 0.3 is 37.7 Å². The van der Waals surface area contributed by atoms with Crippen molar-refractivity contribution in [3.63, 3.8) is 0 Å². The zero-order valence-corrected chi connectivity index (χ0v) is 38.8. The van der Waals surface area contributed by atoms with E-state index in [1.54, 1.807) is 12.1 Å². The number of ether oxygens (including phenoxy) is 2. The number of aryl methyl sites for hydroxylation is 2. The van der Waals surface area contributed by atoms with Crippen LogP contribution in [0.15, 0.2) is 94.7 Å². The molecule has 2 N–H and O–H groups in total. The summed E-state index contributed by atoms with van der Waals surface area (Å²) >= 11 is 0. The van der Waals surface area contributed by atoms with E-state index in [2.05, 4.69) is 13.8 Å². The van der Waals surface area contributed by atoms with Gasteiger partial charge in [0.2, 0.25) is 0 Å². The van der Waals surface area contributed by atoms with Gasteiger partial charge < -0.3 is 24.2 Å². The van der Waals surface area contributed by atoms with Gasteiger partial charge in [-0.05, 0) is 85.3 Å². The maximum atomic E-state index is 11.9. The molecule has 4 aromatic carbocycles. The molecule has 10 nitrogen and oxygen atoms in total. The number of phenolic OH excluding ortho intramolecular Hbond substituents is 1. The largest absolute Gasteiger partial charge is 2.00 e. The Balaban J connectivity index is 0.000000400. The molecule has 0 saturated carbocycles. The molecule has 59 heavy (non-hydrogen) atoms. The first-order valence-corrected chi connectivity index (χ1v) is 23.8. The van der Waals surface area contributed by atoms with Gasteiger partial charge in [0.15, 0.2) is 11.5 Å². The Morgan fingerprint density at radius 2 is 0.932 bits per heavy atom. The van der Waals surface area contributed by atoms with Gasteiger partial charge in [-0.3, -0.25) is 4.55 Å². The Labute approximate surface area is 383 Å². The Morgan fingerprint density at radius 1 is 0.525 bits per heavy atom. The van der Waals surface area contributed by atoms with E-state index in [0.717, 1.165) is 67.1 Å². The minimum atomic E-state index is -4.64. The molecule has 320 valence electrons. The number of benzene rings is 4. The second kappa shape index (κ2) is 28.6. The van der Waals surface area contributed by atoms with Crippen molar-refractivity contribution >= 4 is 58.0 Å². The van der Waals surface area contributed by atoms with Gasteiger partial charge in [0.05, 0.1) is 9.79 Å². The monoisotopic (exact) mass is 878 g/mol. The van der Waals surface area contributed by atoms with Crippen LogP contribution < -0.4 is 14.6 Å². The Morgan fingerprint density at radius 3 is 1.37 bits per heavy atom. The van der Waals surface area contributed by atoms with E-state index >= 15 is 0 Å². The van der Waals surface area contributed by atoms with E-state index in [0.29, 0.717) is 11.5 Å².